The number of rotatable bonds is 9. The molecule has 3 heterocycles. The van der Waals surface area contributed by atoms with Crippen molar-refractivity contribution in [2.45, 2.75) is 198 Å². The molecule has 0 radical (unpaired) electrons. The van der Waals surface area contributed by atoms with E-state index in [0.29, 0.717) is 25.7 Å². The van der Waals surface area contributed by atoms with Crippen molar-refractivity contribution in [3.63, 3.8) is 0 Å². The molecule has 4 saturated carbocycles. The first-order valence-electron chi connectivity index (χ1n) is 23.9. The molecule has 18 heteroatoms. The number of hydrogen-bond acceptors (Lipinski definition) is 18. The van der Waals surface area contributed by atoms with E-state index in [2.05, 4.69) is 40.7 Å². The van der Waals surface area contributed by atoms with Crippen molar-refractivity contribution in [3.05, 3.63) is 11.6 Å². The summed E-state index contributed by atoms with van der Waals surface area (Å²) in [5.74, 6) is -0.531. The van der Waals surface area contributed by atoms with Crippen molar-refractivity contribution in [3.8, 4) is 0 Å². The van der Waals surface area contributed by atoms with Crippen molar-refractivity contribution in [1.82, 2.24) is 0 Å². The molecule has 23 unspecified atom stereocenters. The molecule has 0 aromatic rings. The number of carbonyl (C=O) groups excluding carboxylic acids is 1. The van der Waals surface area contributed by atoms with Gasteiger partial charge in [-0.3, -0.25) is 4.79 Å². The molecule has 0 bridgehead atoms. The molecule has 3 aliphatic heterocycles. The van der Waals surface area contributed by atoms with Crippen LogP contribution < -0.4 is 0 Å². The molecule has 8 aliphatic rings. The third-order valence-corrected chi connectivity index (χ3v) is 19.1. The lowest BCUT2D eigenvalue weighted by Gasteiger charge is -2.71. The Morgan fingerprint density at radius 1 is 0.677 bits per heavy atom. The fourth-order valence-electron chi connectivity index (χ4n) is 14.8. The topological polar surface area (TPSA) is 295 Å². The summed E-state index contributed by atoms with van der Waals surface area (Å²) >= 11 is 0. The van der Waals surface area contributed by atoms with E-state index in [9.17, 15) is 61.0 Å². The van der Waals surface area contributed by atoms with Crippen LogP contribution in [0.1, 0.15) is 106 Å². The minimum absolute atomic E-state index is 0.0362. The minimum Gasteiger partial charge on any atom is -0.432 e. The lowest BCUT2D eigenvalue weighted by Crippen LogP contribution is -2.67. The number of aliphatic hydroxyl groups is 11. The van der Waals surface area contributed by atoms with Gasteiger partial charge in [-0.1, -0.05) is 53.2 Å². The average Bonchev–Trinajstić information content (AvgIpc) is 3.26. The van der Waals surface area contributed by atoms with Crippen LogP contribution in [0.2, 0.25) is 0 Å². The van der Waals surface area contributed by atoms with Crippen LogP contribution in [0.15, 0.2) is 11.6 Å². The van der Waals surface area contributed by atoms with Gasteiger partial charge in [-0.05, 0) is 104 Å². The summed E-state index contributed by atoms with van der Waals surface area (Å²) in [5.41, 5.74) is -1.36. The first-order valence-corrected chi connectivity index (χ1v) is 23.9. The number of esters is 1. The zero-order chi connectivity index (χ0) is 47.4. The SMILES string of the molecule is CC1(C)CCC2(C(=O)OC3OC(CO)C(O)C(O)C3O)CCC3(C)C(=CCC4C5(C)CCC(OC6OC(CO)C(O)C(OC7OCC(O)C(O)C7O)C6O)C(C)(CO)C5CCC43C)C2C1. The lowest BCUT2D eigenvalue weighted by atomic mass is 9.33. The number of ether oxygens (including phenoxy) is 6. The second-order valence-electron chi connectivity index (χ2n) is 22.9. The van der Waals surface area contributed by atoms with E-state index in [1.807, 2.05) is 6.92 Å². The van der Waals surface area contributed by atoms with Crippen LogP contribution in [-0.2, 0) is 33.2 Å². The highest BCUT2D eigenvalue weighted by atomic mass is 16.7. The summed E-state index contributed by atoms with van der Waals surface area (Å²) in [6.45, 7) is 11.7. The fourth-order valence-corrected chi connectivity index (χ4v) is 14.8. The van der Waals surface area contributed by atoms with Crippen molar-refractivity contribution in [2.75, 3.05) is 26.4 Å². The lowest BCUT2D eigenvalue weighted by molar-refractivity contribution is -0.363. The van der Waals surface area contributed by atoms with Crippen molar-refractivity contribution in [2.24, 2.45) is 50.2 Å². The highest BCUT2D eigenvalue weighted by molar-refractivity contribution is 5.79. The van der Waals surface area contributed by atoms with Gasteiger partial charge in [-0.2, -0.15) is 0 Å². The number of aliphatic hydroxyl groups excluding tert-OH is 11. The zero-order valence-corrected chi connectivity index (χ0v) is 38.6. The zero-order valence-electron chi connectivity index (χ0n) is 38.6. The van der Waals surface area contributed by atoms with Crippen LogP contribution in [-0.4, -0.2) is 181 Å². The second-order valence-corrected chi connectivity index (χ2v) is 22.9. The van der Waals surface area contributed by atoms with E-state index in [1.54, 1.807) is 0 Å². The normalized spacial score (nSPS) is 54.3. The van der Waals surface area contributed by atoms with Gasteiger partial charge in [-0.25, -0.2) is 0 Å². The summed E-state index contributed by atoms with van der Waals surface area (Å²) < 4.78 is 35.4. The number of hydrogen-bond donors (Lipinski definition) is 11. The molecule has 7 fully saturated rings. The highest BCUT2D eigenvalue weighted by Gasteiger charge is 2.70. The van der Waals surface area contributed by atoms with Gasteiger partial charge in [0.25, 0.3) is 0 Å². The largest absolute Gasteiger partial charge is 0.432 e. The highest BCUT2D eigenvalue weighted by Crippen LogP contribution is 2.76. The molecule has 11 N–H and O–H groups in total. The molecular formula is C47H76O18. The molecule has 0 spiro atoms. The Balaban J connectivity index is 1.04. The summed E-state index contributed by atoms with van der Waals surface area (Å²) in [6.07, 6.45) is -12.6. The molecular weight excluding hydrogens is 852 g/mol. The summed E-state index contributed by atoms with van der Waals surface area (Å²) in [7, 11) is 0. The molecule has 0 aromatic heterocycles. The van der Waals surface area contributed by atoms with Gasteiger partial charge in [0, 0.05) is 5.41 Å². The van der Waals surface area contributed by atoms with E-state index in [0.717, 1.165) is 38.5 Å². The smallest absolute Gasteiger partial charge is 0.315 e. The Labute approximate surface area is 380 Å². The number of carbonyl (C=O) groups is 1. The molecule has 3 saturated heterocycles. The number of allylic oxidation sites excluding steroid dienone is 2. The third kappa shape index (κ3) is 7.80. The Hall–Kier alpha value is -1.43. The van der Waals surface area contributed by atoms with Crippen LogP contribution in [0.3, 0.4) is 0 Å². The van der Waals surface area contributed by atoms with Crippen LogP contribution in [0, 0.1) is 50.2 Å². The maximum atomic E-state index is 14.7. The van der Waals surface area contributed by atoms with Gasteiger partial charge in [0.1, 0.15) is 67.1 Å². The van der Waals surface area contributed by atoms with Crippen LogP contribution in [0.5, 0.6) is 0 Å². The van der Waals surface area contributed by atoms with Gasteiger partial charge >= 0.3 is 5.97 Å². The van der Waals surface area contributed by atoms with Crippen molar-refractivity contribution >= 4 is 5.97 Å². The van der Waals surface area contributed by atoms with Gasteiger partial charge in [0.05, 0.1) is 37.9 Å². The maximum Gasteiger partial charge on any atom is 0.315 e. The molecule has 372 valence electrons. The monoisotopic (exact) mass is 929 g/mol. The first kappa shape index (κ1) is 50.0. The Morgan fingerprint density at radius 3 is 2.00 bits per heavy atom. The molecule has 23 atom stereocenters. The van der Waals surface area contributed by atoms with E-state index in [4.69, 9.17) is 28.4 Å². The summed E-state index contributed by atoms with van der Waals surface area (Å²) in [4.78, 5) is 14.7. The quantitative estimate of drug-likeness (QED) is 0.0808. The van der Waals surface area contributed by atoms with E-state index in [-0.39, 0.29) is 52.6 Å². The Kier molecular flexibility index (Phi) is 13.7. The molecule has 0 aromatic carbocycles. The Bertz CT molecular complexity index is 1760. The van der Waals surface area contributed by atoms with Crippen molar-refractivity contribution in [1.29, 1.82) is 0 Å². The summed E-state index contributed by atoms with van der Waals surface area (Å²) in [5, 5.41) is 117. The van der Waals surface area contributed by atoms with Crippen LogP contribution >= 0.6 is 0 Å². The van der Waals surface area contributed by atoms with E-state index in [1.165, 1.54) is 5.57 Å². The standard InChI is InChI=1S/C47H76O18/c1-42(2)13-15-47(41(59)65-39-35(57)33(55)31(53)25(18-48)61-39)16-14-45(5)22(23(47)17-42)7-8-28-43(3)11-10-29(44(4,21-50)27(43)9-12-46(28,45)6)63-40-36(58)37(32(54)26(19-49)62-40)64-38-34(56)30(52)24(51)20-60-38/h7,23-40,48-58H,8-21H2,1-6H3. The predicted octanol–water partition coefficient (Wildman–Crippen LogP) is -0.248. The van der Waals surface area contributed by atoms with Gasteiger partial charge < -0.3 is 84.6 Å². The molecule has 5 aliphatic carbocycles. The average molecular weight is 929 g/mol. The minimum atomic E-state index is -1.70. The predicted molar refractivity (Wildman–Crippen MR) is 226 cm³/mol. The van der Waals surface area contributed by atoms with Gasteiger partial charge in [0.2, 0.25) is 6.29 Å². The van der Waals surface area contributed by atoms with Crippen molar-refractivity contribution < 1.29 is 89.4 Å². The Morgan fingerprint density at radius 2 is 1.32 bits per heavy atom. The van der Waals surface area contributed by atoms with Crippen LogP contribution in [0.25, 0.3) is 0 Å². The van der Waals surface area contributed by atoms with E-state index < -0.39 is 122 Å². The molecule has 65 heavy (non-hydrogen) atoms. The molecule has 18 nitrogen and oxygen atoms in total. The molecule has 0 amide bonds. The molecule has 8 rings (SSSR count). The second kappa shape index (κ2) is 17.8. The van der Waals surface area contributed by atoms with E-state index >= 15 is 0 Å². The van der Waals surface area contributed by atoms with Gasteiger partial charge in [0.15, 0.2) is 12.6 Å². The maximum absolute atomic E-state index is 14.7. The van der Waals surface area contributed by atoms with Gasteiger partial charge in [-0.15, -0.1) is 0 Å². The first-order chi connectivity index (χ1) is 30.5. The fraction of sp³-hybridized carbons (Fsp3) is 0.936. The number of fused-ring (bicyclic) bond motifs is 7. The summed E-state index contributed by atoms with van der Waals surface area (Å²) in [6, 6.07) is 0. The van der Waals surface area contributed by atoms with Crippen LogP contribution in [0.4, 0.5) is 0 Å². The third-order valence-electron chi connectivity index (χ3n) is 19.1.